The van der Waals surface area contributed by atoms with Crippen molar-refractivity contribution < 1.29 is 152 Å². The molecule has 2 bridgehead atoms. The van der Waals surface area contributed by atoms with Crippen LogP contribution < -0.4 is 0 Å². The SMILES string of the molecule is CC(C)(C)C(O)C1CCCCC1O.CC(O)C1C2CCC(C)(C1O)C2(C)C.CC(O)C1CCCC(C)(C)C1O.CC(O)C1CCCC1O.CC(O)C1CCCCC1O.Cc1cc(-c2[c-]cccc2)ncn1.Cc1cc(-c2[c-]cccc2)ncn1.Cc1cc(-c2[c-]cccc2)ncn1.Cc1cc(-c2[c-]cccc2)ncn1.Cc1cc(-c2[c-]cccc2)ncn1.[Ir].[Ir].[Ir].[Ir].[Ir]. The summed E-state index contributed by atoms with van der Waals surface area (Å²) >= 11 is 0. The Kier molecular flexibility index (Phi) is 54.7. The van der Waals surface area contributed by atoms with Crippen LogP contribution in [0.2, 0.25) is 0 Å². The van der Waals surface area contributed by atoms with Crippen LogP contribution in [-0.2, 0) is 101 Å². The molecule has 711 valence electrons. The van der Waals surface area contributed by atoms with E-state index in [-0.39, 0.29) is 213 Å². The molecule has 16 rings (SSSR count). The first-order valence-electron chi connectivity index (χ1n) is 44.0. The molecule has 6 aliphatic carbocycles. The molecule has 20 nitrogen and oxygen atoms in total. The molecule has 6 aliphatic rings. The monoisotopic (exact) mass is 2640 g/mol. The smallest absolute Gasteiger partial charge is 0.105 e. The van der Waals surface area contributed by atoms with Gasteiger partial charge >= 0.3 is 0 Å². The molecule has 0 saturated heterocycles. The first-order chi connectivity index (χ1) is 58.4. The predicted octanol–water partition coefficient (Wildman–Crippen LogP) is 18.0. The van der Waals surface area contributed by atoms with Gasteiger partial charge in [-0.25, -0.2) is 24.9 Å². The summed E-state index contributed by atoms with van der Waals surface area (Å²) in [5.41, 5.74) is 14.6. The van der Waals surface area contributed by atoms with Gasteiger partial charge in [0.2, 0.25) is 0 Å². The number of rotatable bonds is 10. The molecule has 0 amide bonds. The maximum Gasteiger partial charge on any atom is 0.105 e. The second-order valence-electron chi connectivity index (χ2n) is 36.4. The molecule has 5 radical (unpaired) electrons. The second kappa shape index (κ2) is 59.2. The van der Waals surface area contributed by atoms with Crippen molar-refractivity contribution in [2.24, 2.45) is 57.2 Å². The molecule has 6 saturated carbocycles. The summed E-state index contributed by atoms with van der Waals surface area (Å²) in [6.07, 6.45) is 21.2. The summed E-state index contributed by atoms with van der Waals surface area (Å²) in [7, 11) is 0. The molecule has 17 atom stereocenters. The number of aromatic nitrogens is 10. The van der Waals surface area contributed by atoms with Crippen molar-refractivity contribution in [1.82, 2.24) is 49.8 Å². The van der Waals surface area contributed by atoms with E-state index in [0.29, 0.717) is 5.92 Å². The van der Waals surface area contributed by atoms with Crippen LogP contribution in [0.25, 0.3) is 56.3 Å². The largest absolute Gasteiger partial charge is 0.393 e. The van der Waals surface area contributed by atoms with Crippen molar-refractivity contribution in [1.29, 1.82) is 0 Å². The Balaban J connectivity index is 0.000000480. The molecule has 25 heteroatoms. The molecule has 10 N–H and O–H groups in total. The van der Waals surface area contributed by atoms with E-state index in [9.17, 15) is 46.0 Å². The number of hydrogen-bond donors (Lipinski definition) is 10. The third-order valence-corrected chi connectivity index (χ3v) is 25.2. The van der Waals surface area contributed by atoms with Gasteiger partial charge in [0, 0.05) is 159 Å². The van der Waals surface area contributed by atoms with E-state index < -0.39 is 0 Å². The first-order valence-corrected chi connectivity index (χ1v) is 44.0. The minimum absolute atomic E-state index is 0. The average molecular weight is 2640 g/mol. The van der Waals surface area contributed by atoms with Crippen LogP contribution in [0.4, 0.5) is 0 Å². The van der Waals surface area contributed by atoms with Crippen LogP contribution in [0.3, 0.4) is 0 Å². The minimum atomic E-state index is -0.378. The number of benzene rings is 5. The molecule has 5 aromatic carbocycles. The fourth-order valence-electron chi connectivity index (χ4n) is 17.4. The molecule has 128 heavy (non-hydrogen) atoms. The predicted molar refractivity (Wildman–Crippen MR) is 488 cm³/mol. The number of aryl methyl sites for hydroxylation is 5. The Morgan fingerprint density at radius 2 is 0.602 bits per heavy atom. The van der Waals surface area contributed by atoms with Gasteiger partial charge in [-0.2, -0.15) is 0 Å². The van der Waals surface area contributed by atoms with Gasteiger partial charge in [-0.3, -0.25) is 24.9 Å². The van der Waals surface area contributed by atoms with Crippen molar-refractivity contribution in [3.05, 3.63) is 242 Å². The molecular formula is C103H139Ir5N10O10-5. The van der Waals surface area contributed by atoms with Gasteiger partial charge in [0.05, 0.1) is 61.0 Å². The van der Waals surface area contributed by atoms with Crippen LogP contribution in [0.1, 0.15) is 214 Å². The van der Waals surface area contributed by atoms with E-state index in [1.54, 1.807) is 52.4 Å². The molecule has 0 aliphatic heterocycles. The number of aliphatic hydroxyl groups is 10. The summed E-state index contributed by atoms with van der Waals surface area (Å²) in [6, 6.07) is 64.3. The summed E-state index contributed by atoms with van der Waals surface area (Å²) in [5.74, 6) is 1.02. The molecule has 10 aromatic rings. The standard InChI is InChI=1S/C12H22O2.5C11H9N2.C11H22O2.C10H20O2.C8H16O2.C7H14O2.5Ir/c1-7(13)9-8-5-6-12(4,10(9)14)11(8,2)3;5*1-9-7-11(13-8-12-9)10-5-3-2-4-6-10;1-11(2,3)10(13)8-6-4-5-7-9(8)12;1-7(11)8-5-4-6-10(2,3)9(8)12;1-6(9)7-4-2-3-5-8(7)10;1-5(8)6-3-2-4-7(6)9;;;;;/h7-10,13-14H,5-6H2,1-4H3;5*2-5,7-8H,1H3;8-10,12-13H,4-7H2,1-3H3;7-9,11-12H,4-6H2,1-3H3;6-10H,2-5H2,1H3;5-9H,2-4H2,1H3;;;;;/q;5*-1;;;;;;;;;. The summed E-state index contributed by atoms with van der Waals surface area (Å²) in [5, 5.41) is 95.9. The quantitative estimate of drug-likeness (QED) is 0.0569. The summed E-state index contributed by atoms with van der Waals surface area (Å²) in [6.45, 7) is 33.8. The van der Waals surface area contributed by atoms with Gasteiger partial charge in [0.1, 0.15) is 31.6 Å². The molecular weight excluding hydrogens is 2500 g/mol. The maximum atomic E-state index is 10.3. The van der Waals surface area contributed by atoms with E-state index >= 15 is 0 Å². The van der Waals surface area contributed by atoms with Crippen LogP contribution in [0, 0.1) is 122 Å². The average Bonchev–Trinajstić information content (AvgIpc) is 1.54. The normalized spacial score (nSPS) is 23.3. The molecule has 17 unspecified atom stereocenters. The number of fused-ring (bicyclic) bond motifs is 2. The van der Waals surface area contributed by atoms with E-state index in [4.69, 9.17) is 5.11 Å². The number of nitrogens with zero attached hydrogens (tertiary/aromatic N) is 10. The summed E-state index contributed by atoms with van der Waals surface area (Å²) in [4.78, 5) is 41.0. The van der Waals surface area contributed by atoms with Gasteiger partial charge in [0.15, 0.2) is 0 Å². The third kappa shape index (κ3) is 37.3. The van der Waals surface area contributed by atoms with E-state index in [0.717, 1.165) is 187 Å². The maximum absolute atomic E-state index is 10.3. The van der Waals surface area contributed by atoms with Gasteiger partial charge in [-0.05, 0) is 183 Å². The number of aliphatic hydroxyl groups excluding tert-OH is 10. The van der Waals surface area contributed by atoms with Crippen molar-refractivity contribution in [2.45, 2.75) is 281 Å². The van der Waals surface area contributed by atoms with Gasteiger partial charge in [-0.1, -0.05) is 124 Å². The van der Waals surface area contributed by atoms with Gasteiger partial charge < -0.3 is 51.1 Å². The fraction of sp³-hybridized carbons (Fsp3) is 0.515. The van der Waals surface area contributed by atoms with E-state index in [2.05, 4.69) is 115 Å². The van der Waals surface area contributed by atoms with Crippen molar-refractivity contribution in [3.8, 4) is 56.3 Å². The topological polar surface area (TPSA) is 331 Å². The van der Waals surface area contributed by atoms with Crippen LogP contribution in [0.15, 0.2) is 183 Å². The van der Waals surface area contributed by atoms with Crippen molar-refractivity contribution in [3.63, 3.8) is 0 Å². The Hall–Kier alpha value is -5.65. The van der Waals surface area contributed by atoms with Crippen molar-refractivity contribution in [2.75, 3.05) is 0 Å². The van der Waals surface area contributed by atoms with Gasteiger partial charge in [0.25, 0.3) is 0 Å². The zero-order valence-electron chi connectivity index (χ0n) is 77.5. The molecule has 6 fully saturated rings. The Bertz CT molecular complexity index is 4160. The Morgan fingerprint density at radius 1 is 0.328 bits per heavy atom. The van der Waals surface area contributed by atoms with Gasteiger partial charge in [-0.15, -0.1) is 179 Å². The van der Waals surface area contributed by atoms with Crippen LogP contribution >= 0.6 is 0 Å². The van der Waals surface area contributed by atoms with E-state index in [1.165, 1.54) is 0 Å². The van der Waals surface area contributed by atoms with E-state index in [1.807, 2.05) is 214 Å². The number of hydrogen-bond acceptors (Lipinski definition) is 20. The molecule has 5 aromatic heterocycles. The molecule has 5 heterocycles. The fourth-order valence-corrected chi connectivity index (χ4v) is 17.4. The second-order valence-corrected chi connectivity index (χ2v) is 36.4. The zero-order chi connectivity index (χ0) is 90.0. The van der Waals surface area contributed by atoms with Crippen LogP contribution in [-0.4, -0.2) is 162 Å². The minimum Gasteiger partial charge on any atom is -0.393 e. The Morgan fingerprint density at radius 3 is 0.805 bits per heavy atom. The zero-order valence-corrected chi connectivity index (χ0v) is 89.5. The van der Waals surface area contributed by atoms with Crippen molar-refractivity contribution >= 4 is 0 Å². The van der Waals surface area contributed by atoms with Crippen LogP contribution in [0.5, 0.6) is 0 Å². The molecule has 0 spiro atoms. The first kappa shape index (κ1) is 118. The third-order valence-electron chi connectivity index (χ3n) is 25.2. The Labute approximate surface area is 831 Å². The summed E-state index contributed by atoms with van der Waals surface area (Å²) < 4.78 is 0.